The Kier molecular flexibility index (Phi) is 2.32. The van der Waals surface area contributed by atoms with Gasteiger partial charge in [-0.3, -0.25) is 4.79 Å². The molecule has 11 heavy (non-hydrogen) atoms. The third kappa shape index (κ3) is 2.17. The molecule has 0 aromatic rings. The maximum Gasteiger partial charge on any atom is 0.286 e. The molecule has 0 aromatic heterocycles. The van der Waals surface area contributed by atoms with Crippen LogP contribution in [0.2, 0.25) is 0 Å². The maximum atomic E-state index is 10.5. The van der Waals surface area contributed by atoms with E-state index in [1.165, 1.54) is 12.4 Å². The van der Waals surface area contributed by atoms with Crippen LogP contribution in [0.25, 0.3) is 0 Å². The number of nitrogens with two attached hydrogens (primary N) is 1. The molecule has 0 aliphatic carbocycles. The number of hydrogen-bond donors (Lipinski definition) is 1. The van der Waals surface area contributed by atoms with Gasteiger partial charge in [-0.1, -0.05) is 6.08 Å². The second-order valence-electron chi connectivity index (χ2n) is 1.82. The largest absolute Gasteiger partial charge is 0.363 e. The highest BCUT2D eigenvalue weighted by atomic mass is 16.1. The average molecular weight is 149 g/mol. The van der Waals surface area contributed by atoms with E-state index in [1.807, 2.05) is 0 Å². The lowest BCUT2D eigenvalue weighted by Gasteiger charge is -1.91. The SMILES string of the molecule is NC(=O)C1=N/C=C\C=C/C=N1. The fourth-order valence-corrected chi connectivity index (χ4v) is 0.551. The molecule has 0 fully saturated rings. The first-order chi connectivity index (χ1) is 5.30. The van der Waals surface area contributed by atoms with E-state index in [2.05, 4.69) is 9.98 Å². The molecule has 56 valence electrons. The van der Waals surface area contributed by atoms with Crippen LogP contribution >= 0.6 is 0 Å². The van der Waals surface area contributed by atoms with E-state index in [0.29, 0.717) is 0 Å². The minimum absolute atomic E-state index is 0.0191. The van der Waals surface area contributed by atoms with Crippen LogP contribution in [0.3, 0.4) is 0 Å². The minimum Gasteiger partial charge on any atom is -0.363 e. The highest BCUT2D eigenvalue weighted by molar-refractivity contribution is 6.39. The molecule has 1 amide bonds. The van der Waals surface area contributed by atoms with Gasteiger partial charge in [0.25, 0.3) is 5.91 Å². The van der Waals surface area contributed by atoms with Gasteiger partial charge >= 0.3 is 0 Å². The van der Waals surface area contributed by atoms with Crippen LogP contribution in [0.15, 0.2) is 34.4 Å². The summed E-state index contributed by atoms with van der Waals surface area (Å²) in [5.74, 6) is -0.605. The third-order valence-electron chi connectivity index (χ3n) is 1.01. The lowest BCUT2D eigenvalue weighted by molar-refractivity contribution is -0.112. The summed E-state index contributed by atoms with van der Waals surface area (Å²) >= 11 is 0. The molecule has 0 radical (unpaired) electrons. The van der Waals surface area contributed by atoms with Crippen molar-refractivity contribution in [1.29, 1.82) is 0 Å². The summed E-state index contributed by atoms with van der Waals surface area (Å²) in [6.45, 7) is 0. The monoisotopic (exact) mass is 149 g/mol. The number of allylic oxidation sites excluding steroid dienone is 3. The smallest absolute Gasteiger partial charge is 0.286 e. The molecule has 1 aliphatic heterocycles. The van der Waals surface area contributed by atoms with E-state index in [9.17, 15) is 4.79 Å². The highest BCUT2D eigenvalue weighted by Crippen LogP contribution is 1.87. The van der Waals surface area contributed by atoms with Gasteiger partial charge in [0.15, 0.2) is 0 Å². The molecule has 2 N–H and O–H groups in total. The fraction of sp³-hybridized carbons (Fsp3) is 0. The molecule has 0 unspecified atom stereocenters. The van der Waals surface area contributed by atoms with E-state index in [4.69, 9.17) is 5.73 Å². The van der Waals surface area contributed by atoms with Crippen LogP contribution < -0.4 is 5.73 Å². The molecule has 0 atom stereocenters. The number of amidine groups is 1. The molecule has 4 heteroatoms. The molecule has 0 saturated carbocycles. The Morgan fingerprint density at radius 1 is 1.36 bits per heavy atom. The van der Waals surface area contributed by atoms with Crippen molar-refractivity contribution in [2.45, 2.75) is 0 Å². The standard InChI is InChI=1S/C7H7N3O/c8-6(11)7-9-4-2-1-3-5-10-7/h1-5H,(H2,8,11)/b2-1-,3-1?,4-2?,5-3-,9-4?,9-7?,10-5?,10-7?. The molecular formula is C7H7N3O. The molecule has 1 aliphatic rings. The Morgan fingerprint density at radius 2 is 2.18 bits per heavy atom. The van der Waals surface area contributed by atoms with E-state index in [-0.39, 0.29) is 5.84 Å². The van der Waals surface area contributed by atoms with Crippen molar-refractivity contribution >= 4 is 18.0 Å². The number of hydrogen-bond acceptors (Lipinski definition) is 3. The molecule has 0 aromatic carbocycles. The van der Waals surface area contributed by atoms with E-state index < -0.39 is 5.91 Å². The van der Waals surface area contributed by atoms with Gasteiger partial charge in [-0.25, -0.2) is 9.98 Å². The lowest BCUT2D eigenvalue weighted by Crippen LogP contribution is -2.21. The van der Waals surface area contributed by atoms with Gasteiger partial charge in [-0.2, -0.15) is 0 Å². The maximum absolute atomic E-state index is 10.5. The zero-order valence-electron chi connectivity index (χ0n) is 5.77. The van der Waals surface area contributed by atoms with Crippen LogP contribution in [0, 0.1) is 0 Å². The number of aliphatic imine (C=N–C) groups is 2. The van der Waals surface area contributed by atoms with Gasteiger partial charge in [0.2, 0.25) is 5.84 Å². The number of amides is 1. The Labute approximate surface area is 63.8 Å². The van der Waals surface area contributed by atoms with Crippen molar-refractivity contribution in [3.63, 3.8) is 0 Å². The first-order valence-electron chi connectivity index (χ1n) is 3.04. The Bertz CT molecular complexity index is 273. The Morgan fingerprint density at radius 3 is 2.91 bits per heavy atom. The van der Waals surface area contributed by atoms with Gasteiger partial charge in [0.05, 0.1) is 0 Å². The highest BCUT2D eigenvalue weighted by Gasteiger charge is 2.01. The van der Waals surface area contributed by atoms with Crippen molar-refractivity contribution in [2.24, 2.45) is 15.7 Å². The van der Waals surface area contributed by atoms with Gasteiger partial charge < -0.3 is 5.73 Å². The van der Waals surface area contributed by atoms with E-state index in [1.54, 1.807) is 18.2 Å². The fourth-order valence-electron chi connectivity index (χ4n) is 0.551. The molecular weight excluding hydrogens is 142 g/mol. The zero-order valence-corrected chi connectivity index (χ0v) is 5.77. The van der Waals surface area contributed by atoms with Gasteiger partial charge in [-0.15, -0.1) is 0 Å². The van der Waals surface area contributed by atoms with Crippen molar-refractivity contribution in [1.82, 2.24) is 0 Å². The quantitative estimate of drug-likeness (QED) is 0.561. The predicted octanol–water partition coefficient (Wildman–Crippen LogP) is 0.0245. The van der Waals surface area contributed by atoms with Crippen molar-refractivity contribution in [3.8, 4) is 0 Å². The van der Waals surface area contributed by atoms with Gasteiger partial charge in [-0.05, 0) is 12.2 Å². The van der Waals surface area contributed by atoms with Crippen molar-refractivity contribution in [2.75, 3.05) is 0 Å². The molecule has 0 saturated heterocycles. The number of primary amides is 1. The zero-order chi connectivity index (χ0) is 8.10. The molecule has 0 bridgehead atoms. The van der Waals surface area contributed by atoms with Gasteiger partial charge in [0, 0.05) is 12.4 Å². The summed E-state index contributed by atoms with van der Waals surface area (Å²) in [4.78, 5) is 17.9. The average Bonchev–Trinajstić information content (AvgIpc) is 1.84. The lowest BCUT2D eigenvalue weighted by atomic mass is 10.4. The molecule has 1 rings (SSSR count). The summed E-state index contributed by atoms with van der Waals surface area (Å²) in [6, 6.07) is 0. The molecule has 1 heterocycles. The summed E-state index contributed by atoms with van der Waals surface area (Å²) in [6.07, 6.45) is 8.06. The molecule has 4 nitrogen and oxygen atoms in total. The second-order valence-corrected chi connectivity index (χ2v) is 1.82. The van der Waals surface area contributed by atoms with E-state index >= 15 is 0 Å². The summed E-state index contributed by atoms with van der Waals surface area (Å²) in [7, 11) is 0. The third-order valence-corrected chi connectivity index (χ3v) is 1.01. The van der Waals surface area contributed by atoms with Crippen molar-refractivity contribution < 1.29 is 4.79 Å². The topological polar surface area (TPSA) is 67.8 Å². The summed E-state index contributed by atoms with van der Waals surface area (Å²) in [5, 5.41) is 0. The number of nitrogens with zero attached hydrogens (tertiary/aromatic N) is 2. The number of rotatable bonds is 1. The van der Waals surface area contributed by atoms with Gasteiger partial charge in [0.1, 0.15) is 0 Å². The second kappa shape index (κ2) is 3.46. The van der Waals surface area contributed by atoms with Crippen LogP contribution in [0.1, 0.15) is 0 Å². The van der Waals surface area contributed by atoms with Crippen molar-refractivity contribution in [3.05, 3.63) is 24.4 Å². The normalized spacial score (nSPS) is 21.3. The first kappa shape index (κ1) is 7.40. The number of carbonyl (C=O) groups excluding carboxylic acids is 1. The predicted molar refractivity (Wildman–Crippen MR) is 43.4 cm³/mol. The Balaban J connectivity index is 2.87. The number of carbonyl (C=O) groups is 1. The first-order valence-corrected chi connectivity index (χ1v) is 3.04. The van der Waals surface area contributed by atoms with Crippen LogP contribution in [-0.4, -0.2) is 18.0 Å². The van der Waals surface area contributed by atoms with E-state index in [0.717, 1.165) is 0 Å². The summed E-state index contributed by atoms with van der Waals surface area (Å²) < 4.78 is 0. The van der Waals surface area contributed by atoms with Crippen LogP contribution in [0.5, 0.6) is 0 Å². The van der Waals surface area contributed by atoms with Crippen LogP contribution in [0.4, 0.5) is 0 Å². The van der Waals surface area contributed by atoms with Crippen LogP contribution in [-0.2, 0) is 4.79 Å². The Hall–Kier alpha value is -1.71. The summed E-state index contributed by atoms with van der Waals surface area (Å²) in [5.41, 5.74) is 4.95. The minimum atomic E-state index is -0.624. The molecule has 0 spiro atoms.